The Morgan fingerprint density at radius 2 is 1.85 bits per heavy atom. The molecule has 0 radical (unpaired) electrons. The second kappa shape index (κ2) is 15.7. The lowest BCUT2D eigenvalue weighted by Gasteiger charge is -2.28. The molecule has 40 heavy (non-hydrogen) atoms. The molecule has 3 N–H and O–H groups in total. The van der Waals surface area contributed by atoms with Crippen molar-refractivity contribution in [3.63, 3.8) is 0 Å². The van der Waals surface area contributed by atoms with Gasteiger partial charge in [0.25, 0.3) is 5.91 Å². The fourth-order valence-electron chi connectivity index (χ4n) is 5.80. The van der Waals surface area contributed by atoms with Crippen LogP contribution < -0.4 is 20.1 Å². The van der Waals surface area contributed by atoms with E-state index < -0.39 is 0 Å². The van der Waals surface area contributed by atoms with Crippen LogP contribution in [0.5, 0.6) is 11.5 Å². The fraction of sp³-hybridized carbons (Fsp3) is 0.656. The highest BCUT2D eigenvalue weighted by molar-refractivity contribution is 5.94. The van der Waals surface area contributed by atoms with Gasteiger partial charge in [0.05, 0.1) is 25.0 Å². The number of aromatic nitrogens is 2. The summed E-state index contributed by atoms with van der Waals surface area (Å²) in [4.78, 5) is 26.1. The molecule has 2 aliphatic carbocycles. The molecule has 8 nitrogen and oxygen atoms in total. The number of benzene rings is 1. The zero-order valence-corrected chi connectivity index (χ0v) is 24.4. The molecular formula is C32H48N4O4. The summed E-state index contributed by atoms with van der Waals surface area (Å²) in [6.07, 6.45) is 16.3. The Bertz CT molecular complexity index is 1070. The van der Waals surface area contributed by atoms with E-state index in [4.69, 9.17) is 9.47 Å². The number of rotatable bonds is 16. The van der Waals surface area contributed by atoms with Gasteiger partial charge in [0.15, 0.2) is 5.69 Å². The maximum Gasteiger partial charge on any atom is 0.272 e. The molecule has 0 saturated heterocycles. The van der Waals surface area contributed by atoms with Crippen molar-refractivity contribution in [1.29, 1.82) is 0 Å². The molecular weight excluding hydrogens is 504 g/mol. The predicted molar refractivity (Wildman–Crippen MR) is 158 cm³/mol. The highest BCUT2D eigenvalue weighted by Crippen LogP contribution is 2.38. The summed E-state index contributed by atoms with van der Waals surface area (Å²) in [6.45, 7) is 2.81. The van der Waals surface area contributed by atoms with Crippen molar-refractivity contribution in [3.05, 3.63) is 30.0 Å². The predicted octanol–water partition coefficient (Wildman–Crippen LogP) is 6.56. The van der Waals surface area contributed by atoms with E-state index in [1.165, 1.54) is 51.4 Å². The molecule has 8 heteroatoms. The molecule has 0 aliphatic heterocycles. The summed E-state index contributed by atoms with van der Waals surface area (Å²) in [5.74, 6) is 1.79. The number of hydrogen-bond acceptors (Lipinski definition) is 5. The summed E-state index contributed by atoms with van der Waals surface area (Å²) in [5, 5.41) is 13.6. The summed E-state index contributed by atoms with van der Waals surface area (Å²) in [7, 11) is 1.62. The van der Waals surface area contributed by atoms with Crippen LogP contribution in [0.25, 0.3) is 11.3 Å². The number of carbonyl (C=O) groups excluding carboxylic acids is 2. The minimum atomic E-state index is -0.274. The first kappa shape index (κ1) is 29.9. The molecule has 1 aromatic heterocycles. The first-order valence-corrected chi connectivity index (χ1v) is 15.5. The monoisotopic (exact) mass is 552 g/mol. The van der Waals surface area contributed by atoms with Crippen LogP contribution in [0.4, 0.5) is 0 Å². The van der Waals surface area contributed by atoms with Crippen LogP contribution in [0.3, 0.4) is 0 Å². The Morgan fingerprint density at radius 1 is 1.05 bits per heavy atom. The van der Waals surface area contributed by atoms with Gasteiger partial charge in [-0.25, -0.2) is 0 Å². The smallest absolute Gasteiger partial charge is 0.272 e. The third kappa shape index (κ3) is 8.73. The summed E-state index contributed by atoms with van der Waals surface area (Å²) in [5.41, 5.74) is 1.70. The van der Waals surface area contributed by atoms with Gasteiger partial charge in [-0.05, 0) is 62.6 Å². The Hall–Kier alpha value is -3.03. The zero-order valence-electron chi connectivity index (χ0n) is 24.4. The Morgan fingerprint density at radius 3 is 2.58 bits per heavy atom. The first-order chi connectivity index (χ1) is 19.6. The number of nitrogens with one attached hydrogen (secondary N) is 3. The number of ether oxygens (including phenoxy) is 2. The SMILES string of the molecule is CCCCCCOc1cccc(OC)c1-c1cc(C(=O)N[C@@H](CCC2CCCCC2)CC(=O)NC2CCC2)n[nH]1. The largest absolute Gasteiger partial charge is 0.496 e. The number of unbranched alkanes of at least 4 members (excludes halogenated alkanes) is 3. The third-order valence-electron chi connectivity index (χ3n) is 8.43. The van der Waals surface area contributed by atoms with Crippen LogP contribution in [-0.2, 0) is 4.79 Å². The van der Waals surface area contributed by atoms with Gasteiger partial charge in [0.2, 0.25) is 5.91 Å². The second-order valence-corrected chi connectivity index (χ2v) is 11.6. The summed E-state index contributed by atoms with van der Waals surface area (Å²) < 4.78 is 11.7. The molecule has 220 valence electrons. The van der Waals surface area contributed by atoms with E-state index in [0.717, 1.165) is 44.1 Å². The van der Waals surface area contributed by atoms with E-state index in [1.54, 1.807) is 13.2 Å². The Kier molecular flexibility index (Phi) is 11.7. The normalized spacial score (nSPS) is 16.6. The molecule has 2 fully saturated rings. The lowest BCUT2D eigenvalue weighted by atomic mass is 9.85. The minimum absolute atomic E-state index is 0.0242. The molecule has 2 aromatic rings. The third-order valence-corrected chi connectivity index (χ3v) is 8.43. The van der Waals surface area contributed by atoms with Gasteiger partial charge >= 0.3 is 0 Å². The second-order valence-electron chi connectivity index (χ2n) is 11.6. The molecule has 2 amide bonds. The van der Waals surface area contributed by atoms with E-state index in [1.807, 2.05) is 18.2 Å². The topological polar surface area (TPSA) is 105 Å². The first-order valence-electron chi connectivity index (χ1n) is 15.5. The molecule has 0 unspecified atom stereocenters. The van der Waals surface area contributed by atoms with Crippen molar-refractivity contribution < 1.29 is 19.1 Å². The van der Waals surface area contributed by atoms with E-state index in [0.29, 0.717) is 42.2 Å². The molecule has 2 aliphatic rings. The van der Waals surface area contributed by atoms with Gasteiger partial charge in [0, 0.05) is 18.5 Å². The Balaban J connectivity index is 1.42. The molecule has 4 rings (SSSR count). The number of nitrogens with zero attached hydrogens (tertiary/aromatic N) is 1. The van der Waals surface area contributed by atoms with Gasteiger partial charge in [0.1, 0.15) is 11.5 Å². The maximum atomic E-state index is 13.3. The number of carbonyl (C=O) groups is 2. The average Bonchev–Trinajstić information content (AvgIpc) is 3.44. The summed E-state index contributed by atoms with van der Waals surface area (Å²) >= 11 is 0. The molecule has 1 aromatic carbocycles. The van der Waals surface area contributed by atoms with Gasteiger partial charge in [-0.2, -0.15) is 5.10 Å². The molecule has 1 heterocycles. The van der Waals surface area contributed by atoms with Gasteiger partial charge in [-0.15, -0.1) is 0 Å². The van der Waals surface area contributed by atoms with E-state index in [2.05, 4.69) is 27.8 Å². The number of H-pyrrole nitrogens is 1. The zero-order chi connectivity index (χ0) is 28.2. The highest BCUT2D eigenvalue weighted by atomic mass is 16.5. The van der Waals surface area contributed by atoms with Gasteiger partial charge in [-0.1, -0.05) is 64.4 Å². The number of methoxy groups -OCH3 is 1. The van der Waals surface area contributed by atoms with Crippen LogP contribution in [0.2, 0.25) is 0 Å². The van der Waals surface area contributed by atoms with E-state index >= 15 is 0 Å². The van der Waals surface area contributed by atoms with Crippen molar-refractivity contribution in [2.24, 2.45) is 5.92 Å². The van der Waals surface area contributed by atoms with Crippen molar-refractivity contribution in [3.8, 4) is 22.8 Å². The van der Waals surface area contributed by atoms with Crippen LogP contribution >= 0.6 is 0 Å². The van der Waals surface area contributed by atoms with E-state index in [9.17, 15) is 9.59 Å². The van der Waals surface area contributed by atoms with Crippen molar-refractivity contribution in [2.45, 2.75) is 115 Å². The lowest BCUT2D eigenvalue weighted by molar-refractivity contribution is -0.122. The van der Waals surface area contributed by atoms with Crippen molar-refractivity contribution >= 4 is 11.8 Å². The Labute approximate surface area is 239 Å². The molecule has 0 bridgehead atoms. The fourth-order valence-corrected chi connectivity index (χ4v) is 5.80. The highest BCUT2D eigenvalue weighted by Gasteiger charge is 2.25. The minimum Gasteiger partial charge on any atom is -0.496 e. The van der Waals surface area contributed by atoms with Gasteiger partial charge in [-0.3, -0.25) is 14.7 Å². The average molecular weight is 553 g/mol. The van der Waals surface area contributed by atoms with Crippen LogP contribution in [0, 0.1) is 5.92 Å². The molecule has 1 atom stereocenters. The maximum absolute atomic E-state index is 13.3. The number of aromatic amines is 1. The van der Waals surface area contributed by atoms with Crippen LogP contribution in [0.1, 0.15) is 114 Å². The van der Waals surface area contributed by atoms with Crippen LogP contribution in [-0.4, -0.2) is 47.8 Å². The van der Waals surface area contributed by atoms with Crippen molar-refractivity contribution in [2.75, 3.05) is 13.7 Å². The van der Waals surface area contributed by atoms with Crippen LogP contribution in [0.15, 0.2) is 24.3 Å². The lowest BCUT2D eigenvalue weighted by Crippen LogP contribution is -2.44. The number of amides is 2. The molecule has 0 spiro atoms. The van der Waals surface area contributed by atoms with Gasteiger partial charge < -0.3 is 20.1 Å². The number of hydrogen-bond donors (Lipinski definition) is 3. The standard InChI is InChI=1S/C32H48N4O4/c1-3-4-5-9-20-40-29-17-11-16-28(39-2)31(29)26-22-27(36-35-26)32(38)34-25(19-18-23-12-7-6-8-13-23)21-30(37)33-24-14-10-15-24/h11,16-17,22-25H,3-10,12-15,18-21H2,1-2H3,(H,33,37)(H,34,38)(H,35,36)/t25-/m0/s1. The quantitative estimate of drug-likeness (QED) is 0.205. The van der Waals surface area contributed by atoms with E-state index in [-0.39, 0.29) is 23.6 Å². The van der Waals surface area contributed by atoms with Crippen molar-refractivity contribution in [1.82, 2.24) is 20.8 Å². The summed E-state index contributed by atoms with van der Waals surface area (Å²) in [6, 6.07) is 7.51. The molecule has 2 saturated carbocycles.